The van der Waals surface area contributed by atoms with Gasteiger partial charge in [-0.2, -0.15) is 13.2 Å². The van der Waals surface area contributed by atoms with Crippen molar-refractivity contribution >= 4 is 11.7 Å². The lowest BCUT2D eigenvalue weighted by Gasteiger charge is -2.46. The Labute approximate surface area is 179 Å². The maximum Gasteiger partial charge on any atom is 0.408 e. The third-order valence-electron chi connectivity index (χ3n) is 5.70. The van der Waals surface area contributed by atoms with Gasteiger partial charge in [0.25, 0.3) is 0 Å². The molecule has 0 aliphatic heterocycles. The van der Waals surface area contributed by atoms with E-state index in [4.69, 9.17) is 0 Å². The summed E-state index contributed by atoms with van der Waals surface area (Å²) < 4.78 is 41.2. The van der Waals surface area contributed by atoms with Crippen molar-refractivity contribution in [2.75, 3.05) is 14.1 Å². The minimum Gasteiger partial charge on any atom is -0.386 e. The Morgan fingerprint density at radius 1 is 1.23 bits per heavy atom. The molecule has 5 atom stereocenters. The van der Waals surface area contributed by atoms with Crippen LogP contribution in [0.3, 0.4) is 0 Å². The Morgan fingerprint density at radius 2 is 1.84 bits per heavy atom. The first-order valence-corrected chi connectivity index (χ1v) is 10.2. The van der Waals surface area contributed by atoms with Gasteiger partial charge in [-0.1, -0.05) is 26.0 Å². The van der Waals surface area contributed by atoms with E-state index in [1.54, 1.807) is 13.8 Å². The first kappa shape index (κ1) is 24.9. The Kier molecular flexibility index (Phi) is 7.59. The van der Waals surface area contributed by atoms with Crippen molar-refractivity contribution in [1.82, 2.24) is 15.1 Å². The van der Waals surface area contributed by atoms with Gasteiger partial charge in [0, 0.05) is 25.8 Å². The molecule has 0 aromatic rings. The number of amides is 1. The summed E-state index contributed by atoms with van der Waals surface area (Å²) in [6.45, 7) is 4.71. The van der Waals surface area contributed by atoms with Gasteiger partial charge in [0.15, 0.2) is 6.10 Å². The van der Waals surface area contributed by atoms with Crippen LogP contribution in [0.25, 0.3) is 0 Å². The molecule has 10 heteroatoms. The normalized spacial score (nSPS) is 25.5. The van der Waals surface area contributed by atoms with Gasteiger partial charge in [-0.15, -0.1) is 0 Å². The zero-order valence-electron chi connectivity index (χ0n) is 18.3. The number of carbonyl (C=O) groups is 2. The summed E-state index contributed by atoms with van der Waals surface area (Å²) in [6.07, 6.45) is -3.00. The minimum atomic E-state index is -4.57. The SMILES string of the molecule is CCC(C)N(C1=C(NC2=CC=CC(C(=O)N(C)C)C2O)C(=O)C1O)C(CC)C(F)(F)F. The number of hydrogen-bond donors (Lipinski definition) is 3. The number of alkyl halides is 3. The van der Waals surface area contributed by atoms with Crippen LogP contribution in [0.4, 0.5) is 13.2 Å². The number of Topliss-reactive ketones (excluding diaryl/α,β-unsaturated/α-hetero) is 1. The molecule has 0 aromatic heterocycles. The first-order valence-electron chi connectivity index (χ1n) is 10.2. The first-order chi connectivity index (χ1) is 14.4. The maximum atomic E-state index is 13.7. The smallest absolute Gasteiger partial charge is 0.386 e. The van der Waals surface area contributed by atoms with Gasteiger partial charge < -0.3 is 25.3 Å². The lowest BCUT2D eigenvalue weighted by atomic mass is 9.88. The van der Waals surface area contributed by atoms with Crippen LogP contribution in [-0.2, 0) is 9.59 Å². The fourth-order valence-electron chi connectivity index (χ4n) is 3.79. The van der Waals surface area contributed by atoms with E-state index in [1.807, 2.05) is 0 Å². The average Bonchev–Trinajstić information content (AvgIpc) is 2.71. The monoisotopic (exact) mass is 445 g/mol. The zero-order chi connectivity index (χ0) is 23.7. The van der Waals surface area contributed by atoms with Gasteiger partial charge in [0.2, 0.25) is 11.7 Å². The van der Waals surface area contributed by atoms with Crippen molar-refractivity contribution in [3.63, 3.8) is 0 Å². The number of aliphatic hydroxyl groups is 2. The number of halogens is 3. The summed E-state index contributed by atoms with van der Waals surface area (Å²) >= 11 is 0. The lowest BCUT2D eigenvalue weighted by Crippen LogP contribution is -2.58. The second kappa shape index (κ2) is 9.44. The fraction of sp³-hybridized carbons (Fsp3) is 0.619. The van der Waals surface area contributed by atoms with Gasteiger partial charge >= 0.3 is 6.18 Å². The van der Waals surface area contributed by atoms with Gasteiger partial charge in [-0.05, 0) is 25.8 Å². The highest BCUT2D eigenvalue weighted by atomic mass is 19.4. The van der Waals surface area contributed by atoms with E-state index in [0.29, 0.717) is 6.42 Å². The number of nitrogens with zero attached hydrogens (tertiary/aromatic N) is 2. The topological polar surface area (TPSA) is 93.1 Å². The highest BCUT2D eigenvalue weighted by Crippen LogP contribution is 2.38. The molecule has 174 valence electrons. The highest BCUT2D eigenvalue weighted by Gasteiger charge is 2.51. The van der Waals surface area contributed by atoms with Crippen LogP contribution in [0.2, 0.25) is 0 Å². The van der Waals surface area contributed by atoms with Crippen molar-refractivity contribution in [1.29, 1.82) is 0 Å². The number of nitrogens with one attached hydrogen (secondary N) is 1. The van der Waals surface area contributed by atoms with Crippen molar-refractivity contribution in [2.45, 2.75) is 64.1 Å². The summed E-state index contributed by atoms with van der Waals surface area (Å²) in [5.41, 5.74) is -0.256. The number of hydrogen-bond acceptors (Lipinski definition) is 6. The van der Waals surface area contributed by atoms with Crippen LogP contribution in [0, 0.1) is 5.92 Å². The van der Waals surface area contributed by atoms with E-state index < -0.39 is 42.2 Å². The van der Waals surface area contributed by atoms with E-state index in [9.17, 15) is 33.0 Å². The fourth-order valence-corrected chi connectivity index (χ4v) is 3.79. The predicted molar refractivity (Wildman–Crippen MR) is 108 cm³/mol. The van der Waals surface area contributed by atoms with Gasteiger partial charge in [-0.3, -0.25) is 9.59 Å². The number of ketones is 1. The number of allylic oxidation sites excluding steroid dienone is 2. The zero-order valence-corrected chi connectivity index (χ0v) is 18.3. The van der Waals surface area contributed by atoms with Crippen molar-refractivity contribution in [3.05, 3.63) is 35.3 Å². The largest absolute Gasteiger partial charge is 0.408 e. The molecule has 0 heterocycles. The molecular weight excluding hydrogens is 415 g/mol. The van der Waals surface area contributed by atoms with Gasteiger partial charge in [0.1, 0.15) is 17.8 Å². The summed E-state index contributed by atoms with van der Waals surface area (Å²) in [7, 11) is 3.07. The van der Waals surface area contributed by atoms with Crippen LogP contribution in [-0.4, -0.2) is 76.3 Å². The quantitative estimate of drug-likeness (QED) is 0.527. The summed E-state index contributed by atoms with van der Waals surface area (Å²) in [4.78, 5) is 27.0. The van der Waals surface area contributed by atoms with Crippen molar-refractivity contribution < 1.29 is 33.0 Å². The Hall–Kier alpha value is -2.33. The molecule has 2 aliphatic carbocycles. The highest BCUT2D eigenvalue weighted by molar-refractivity contribution is 6.08. The molecule has 7 nitrogen and oxygen atoms in total. The molecule has 0 fully saturated rings. The number of carbonyl (C=O) groups excluding carboxylic acids is 2. The molecule has 0 radical (unpaired) electrons. The van der Waals surface area contributed by atoms with Crippen LogP contribution >= 0.6 is 0 Å². The number of rotatable bonds is 8. The molecule has 31 heavy (non-hydrogen) atoms. The average molecular weight is 445 g/mol. The lowest BCUT2D eigenvalue weighted by molar-refractivity contribution is -0.188. The molecule has 5 unspecified atom stereocenters. The predicted octanol–water partition coefficient (Wildman–Crippen LogP) is 1.69. The van der Waals surface area contributed by atoms with Crippen LogP contribution in [0.5, 0.6) is 0 Å². The third-order valence-corrected chi connectivity index (χ3v) is 5.70. The Bertz CT molecular complexity index is 804. The van der Waals surface area contributed by atoms with Crippen LogP contribution < -0.4 is 5.32 Å². The maximum absolute atomic E-state index is 13.7. The van der Waals surface area contributed by atoms with E-state index in [-0.39, 0.29) is 29.4 Å². The van der Waals surface area contributed by atoms with Crippen molar-refractivity contribution in [2.24, 2.45) is 5.92 Å². The molecule has 2 rings (SSSR count). The summed E-state index contributed by atoms with van der Waals surface area (Å²) in [5.74, 6) is -2.04. The van der Waals surface area contributed by atoms with Gasteiger partial charge in [-0.25, -0.2) is 0 Å². The summed E-state index contributed by atoms with van der Waals surface area (Å²) in [5, 5.41) is 23.6. The van der Waals surface area contributed by atoms with Gasteiger partial charge in [0.05, 0.1) is 11.6 Å². The molecular formula is C21H30F3N3O4. The Balaban J connectivity index is 2.44. The molecule has 1 amide bonds. The second-order valence-electron chi connectivity index (χ2n) is 7.99. The molecule has 0 saturated heterocycles. The van der Waals surface area contributed by atoms with E-state index in [2.05, 4.69) is 5.32 Å². The van der Waals surface area contributed by atoms with Crippen molar-refractivity contribution in [3.8, 4) is 0 Å². The van der Waals surface area contributed by atoms with Crippen LogP contribution in [0.15, 0.2) is 35.3 Å². The molecule has 3 N–H and O–H groups in total. The van der Waals surface area contributed by atoms with E-state index in [0.717, 1.165) is 4.90 Å². The van der Waals surface area contributed by atoms with Crippen LogP contribution in [0.1, 0.15) is 33.6 Å². The molecule has 0 aromatic carbocycles. The standard InChI is InChI=1S/C21H30F3N3O4/c1-6-11(3)27(14(7-2)21(22,23)24)16-15(18(29)19(16)30)25-13-10-8-9-12(17(13)28)20(31)26(4)5/h8-12,14,17,19,25,28,30H,6-7H2,1-5H3. The second-order valence-corrected chi connectivity index (χ2v) is 7.99. The molecule has 0 spiro atoms. The van der Waals surface area contributed by atoms with E-state index in [1.165, 1.54) is 44.1 Å². The molecule has 0 saturated carbocycles. The van der Waals surface area contributed by atoms with E-state index >= 15 is 0 Å². The minimum absolute atomic E-state index is 0.0969. The molecule has 0 bridgehead atoms. The summed E-state index contributed by atoms with van der Waals surface area (Å²) in [6, 6.07) is -2.49. The third kappa shape index (κ3) is 4.79. The molecule has 2 aliphatic rings. The Morgan fingerprint density at radius 3 is 2.32 bits per heavy atom. The number of aliphatic hydroxyl groups excluding tert-OH is 2.